The average molecular weight is 210 g/mol. The van der Waals surface area contributed by atoms with Gasteiger partial charge in [0.05, 0.1) is 12.7 Å². The Balaban J connectivity index is 2.30. The SMILES string of the molecule is OC[C@]1(O)[C@H](c2ccccc2)[C@@H](O)[C@@H]1O. The fourth-order valence-corrected chi connectivity index (χ4v) is 2.18. The van der Waals surface area contributed by atoms with E-state index >= 15 is 0 Å². The lowest BCUT2D eigenvalue weighted by Crippen LogP contribution is -2.69. The van der Waals surface area contributed by atoms with Crippen molar-refractivity contribution in [3.8, 4) is 0 Å². The Morgan fingerprint density at radius 2 is 1.73 bits per heavy atom. The smallest absolute Gasteiger partial charge is 0.125 e. The van der Waals surface area contributed by atoms with Crippen molar-refractivity contribution in [3.05, 3.63) is 35.9 Å². The predicted molar refractivity (Wildman–Crippen MR) is 53.2 cm³/mol. The van der Waals surface area contributed by atoms with Gasteiger partial charge in [0, 0.05) is 5.92 Å². The van der Waals surface area contributed by atoms with Crippen LogP contribution in [0.3, 0.4) is 0 Å². The minimum Gasteiger partial charge on any atom is -0.393 e. The lowest BCUT2D eigenvalue weighted by Gasteiger charge is -2.52. The van der Waals surface area contributed by atoms with Crippen LogP contribution in [-0.2, 0) is 0 Å². The lowest BCUT2D eigenvalue weighted by molar-refractivity contribution is -0.245. The van der Waals surface area contributed by atoms with Gasteiger partial charge in [-0.05, 0) is 5.56 Å². The maximum absolute atomic E-state index is 9.91. The highest BCUT2D eigenvalue weighted by molar-refractivity contribution is 5.32. The monoisotopic (exact) mass is 210 g/mol. The molecular formula is C11H14O4. The highest BCUT2D eigenvalue weighted by Crippen LogP contribution is 2.45. The zero-order chi connectivity index (χ0) is 11.1. The summed E-state index contributed by atoms with van der Waals surface area (Å²) in [6.07, 6.45) is -2.31. The summed E-state index contributed by atoms with van der Waals surface area (Å²) in [7, 11) is 0. The maximum Gasteiger partial charge on any atom is 0.125 e. The molecule has 15 heavy (non-hydrogen) atoms. The van der Waals surface area contributed by atoms with Crippen molar-refractivity contribution in [2.75, 3.05) is 6.61 Å². The van der Waals surface area contributed by atoms with Crippen molar-refractivity contribution in [2.45, 2.75) is 23.7 Å². The molecular weight excluding hydrogens is 196 g/mol. The topological polar surface area (TPSA) is 80.9 Å². The summed E-state index contributed by atoms with van der Waals surface area (Å²) >= 11 is 0. The van der Waals surface area contributed by atoms with Crippen molar-refractivity contribution in [1.29, 1.82) is 0 Å². The van der Waals surface area contributed by atoms with Gasteiger partial charge in [0.25, 0.3) is 0 Å². The number of hydrogen-bond donors (Lipinski definition) is 4. The highest BCUT2D eigenvalue weighted by atomic mass is 16.4. The van der Waals surface area contributed by atoms with E-state index in [-0.39, 0.29) is 0 Å². The molecule has 82 valence electrons. The molecule has 0 bridgehead atoms. The summed E-state index contributed by atoms with van der Waals surface area (Å²) in [6.45, 7) is -0.565. The van der Waals surface area contributed by atoms with E-state index in [9.17, 15) is 15.3 Å². The van der Waals surface area contributed by atoms with E-state index in [2.05, 4.69) is 0 Å². The molecule has 0 unspecified atom stereocenters. The molecule has 0 aliphatic heterocycles. The van der Waals surface area contributed by atoms with Gasteiger partial charge in [0.2, 0.25) is 0 Å². The van der Waals surface area contributed by atoms with Gasteiger partial charge >= 0.3 is 0 Å². The van der Waals surface area contributed by atoms with Crippen molar-refractivity contribution < 1.29 is 20.4 Å². The second kappa shape index (κ2) is 3.57. The summed E-state index contributed by atoms with van der Waals surface area (Å²) in [5, 5.41) is 37.9. The fourth-order valence-electron chi connectivity index (χ4n) is 2.18. The minimum atomic E-state index is -1.62. The molecule has 1 aromatic carbocycles. The third kappa shape index (κ3) is 1.38. The Morgan fingerprint density at radius 1 is 1.13 bits per heavy atom. The van der Waals surface area contributed by atoms with Crippen LogP contribution in [0.25, 0.3) is 0 Å². The first-order valence-electron chi connectivity index (χ1n) is 4.85. The van der Waals surface area contributed by atoms with Crippen LogP contribution in [0.1, 0.15) is 11.5 Å². The van der Waals surface area contributed by atoms with Gasteiger partial charge in [-0.3, -0.25) is 0 Å². The fraction of sp³-hybridized carbons (Fsp3) is 0.455. The summed E-state index contributed by atoms with van der Waals surface area (Å²) in [5.41, 5.74) is -0.910. The molecule has 0 saturated heterocycles. The highest BCUT2D eigenvalue weighted by Gasteiger charge is 2.60. The lowest BCUT2D eigenvalue weighted by atomic mass is 9.62. The Labute approximate surface area is 87.4 Å². The summed E-state index contributed by atoms with van der Waals surface area (Å²) in [6, 6.07) is 8.89. The van der Waals surface area contributed by atoms with Crippen molar-refractivity contribution in [1.82, 2.24) is 0 Å². The molecule has 0 aromatic heterocycles. The molecule has 0 heterocycles. The van der Waals surface area contributed by atoms with E-state index in [4.69, 9.17) is 5.11 Å². The number of rotatable bonds is 2. The second-order valence-corrected chi connectivity index (χ2v) is 3.97. The first-order valence-corrected chi connectivity index (χ1v) is 4.85. The van der Waals surface area contributed by atoms with E-state index < -0.39 is 30.3 Å². The molecule has 1 aliphatic carbocycles. The van der Waals surface area contributed by atoms with E-state index in [1.54, 1.807) is 24.3 Å². The third-order valence-corrected chi connectivity index (χ3v) is 3.13. The molecule has 1 fully saturated rings. The van der Waals surface area contributed by atoms with Gasteiger partial charge in [0.1, 0.15) is 11.7 Å². The number of aliphatic hydroxyl groups is 4. The summed E-state index contributed by atoms with van der Waals surface area (Å²) < 4.78 is 0. The summed E-state index contributed by atoms with van der Waals surface area (Å²) in [4.78, 5) is 0. The third-order valence-electron chi connectivity index (χ3n) is 3.13. The normalized spacial score (nSPS) is 39.9. The predicted octanol–water partition coefficient (Wildman–Crippen LogP) is -0.771. The van der Waals surface area contributed by atoms with Gasteiger partial charge in [-0.2, -0.15) is 0 Å². The van der Waals surface area contributed by atoms with Crippen LogP contribution in [0.15, 0.2) is 30.3 Å². The Kier molecular flexibility index (Phi) is 2.52. The molecule has 2 rings (SSSR count). The molecule has 4 heteroatoms. The molecule has 0 radical (unpaired) electrons. The van der Waals surface area contributed by atoms with E-state index in [0.29, 0.717) is 5.56 Å². The first kappa shape index (κ1) is 10.6. The number of benzene rings is 1. The van der Waals surface area contributed by atoms with Gasteiger partial charge in [0.15, 0.2) is 0 Å². The molecule has 4 atom stereocenters. The van der Waals surface area contributed by atoms with Crippen molar-refractivity contribution >= 4 is 0 Å². The molecule has 4 nitrogen and oxygen atoms in total. The molecule has 1 aliphatic rings. The molecule has 1 aromatic rings. The van der Waals surface area contributed by atoms with Crippen LogP contribution in [0, 0.1) is 0 Å². The zero-order valence-corrected chi connectivity index (χ0v) is 8.11. The number of aliphatic hydroxyl groups excluding tert-OH is 3. The van der Waals surface area contributed by atoms with Crippen LogP contribution >= 0.6 is 0 Å². The Bertz CT molecular complexity index is 340. The van der Waals surface area contributed by atoms with E-state index in [0.717, 1.165) is 0 Å². The largest absolute Gasteiger partial charge is 0.393 e. The van der Waals surface area contributed by atoms with Crippen LogP contribution < -0.4 is 0 Å². The van der Waals surface area contributed by atoms with E-state index in [1.165, 1.54) is 0 Å². The average Bonchev–Trinajstić information content (AvgIpc) is 2.29. The van der Waals surface area contributed by atoms with Crippen LogP contribution in [0.2, 0.25) is 0 Å². The van der Waals surface area contributed by atoms with Crippen molar-refractivity contribution in [2.24, 2.45) is 0 Å². The maximum atomic E-state index is 9.91. The van der Waals surface area contributed by atoms with Gasteiger partial charge in [-0.25, -0.2) is 0 Å². The van der Waals surface area contributed by atoms with E-state index in [1.807, 2.05) is 6.07 Å². The van der Waals surface area contributed by atoms with Crippen LogP contribution in [0.5, 0.6) is 0 Å². The first-order chi connectivity index (χ1) is 7.11. The zero-order valence-electron chi connectivity index (χ0n) is 8.11. The molecule has 0 amide bonds. The van der Waals surface area contributed by atoms with Gasteiger partial charge < -0.3 is 20.4 Å². The van der Waals surface area contributed by atoms with Crippen molar-refractivity contribution in [3.63, 3.8) is 0 Å². The van der Waals surface area contributed by atoms with Crippen LogP contribution in [0.4, 0.5) is 0 Å². The Morgan fingerprint density at radius 3 is 2.27 bits per heavy atom. The molecule has 0 spiro atoms. The molecule has 4 N–H and O–H groups in total. The second-order valence-electron chi connectivity index (χ2n) is 3.97. The Hall–Kier alpha value is -0.940. The van der Waals surface area contributed by atoms with Crippen LogP contribution in [-0.4, -0.2) is 44.8 Å². The minimum absolute atomic E-state index is 0.565. The standard InChI is InChI=1S/C11H14O4/c12-6-11(15)8(9(13)10(11)14)7-4-2-1-3-5-7/h1-5,8-10,12-15H,6H2/t8-,9-,10+,11+/m1/s1. The van der Waals surface area contributed by atoms with Gasteiger partial charge in [-0.15, -0.1) is 0 Å². The number of hydrogen-bond acceptors (Lipinski definition) is 4. The summed E-state index contributed by atoms with van der Waals surface area (Å²) in [5.74, 6) is -0.626. The van der Waals surface area contributed by atoms with Gasteiger partial charge in [-0.1, -0.05) is 30.3 Å². The molecule has 1 saturated carbocycles. The quantitative estimate of drug-likeness (QED) is 0.516.